The lowest BCUT2D eigenvalue weighted by molar-refractivity contribution is -0.165. The molecule has 1 aliphatic rings. The molecule has 1 atom stereocenters. The molecule has 0 saturated heterocycles. The second-order valence-corrected chi connectivity index (χ2v) is 4.21. The van der Waals surface area contributed by atoms with Crippen LogP contribution in [-0.2, 0) is 9.47 Å². The van der Waals surface area contributed by atoms with Crippen LogP contribution in [0.25, 0.3) is 0 Å². The molecule has 0 bridgehead atoms. The topological polar surface area (TPSA) is 18.5 Å². The van der Waals surface area contributed by atoms with Crippen molar-refractivity contribution in [3.8, 4) is 0 Å². The summed E-state index contributed by atoms with van der Waals surface area (Å²) in [6.07, 6.45) is 6.85. The van der Waals surface area contributed by atoms with Crippen LogP contribution in [-0.4, -0.2) is 19.0 Å². The van der Waals surface area contributed by atoms with E-state index in [4.69, 9.17) is 9.47 Å². The molecule has 2 heteroatoms. The fraction of sp³-hybridized carbons (Fsp3) is 1.00. The van der Waals surface area contributed by atoms with Gasteiger partial charge in [0.25, 0.3) is 0 Å². The van der Waals surface area contributed by atoms with Crippen molar-refractivity contribution in [1.82, 2.24) is 0 Å². The zero-order chi connectivity index (χ0) is 10.4. The van der Waals surface area contributed by atoms with Crippen LogP contribution in [0.5, 0.6) is 0 Å². The zero-order valence-electron chi connectivity index (χ0n) is 9.79. The van der Waals surface area contributed by atoms with Crippen molar-refractivity contribution in [1.29, 1.82) is 0 Å². The van der Waals surface area contributed by atoms with Crippen molar-refractivity contribution in [2.45, 2.75) is 65.3 Å². The molecule has 0 heterocycles. The minimum absolute atomic E-state index is 0.0248. The quantitative estimate of drug-likeness (QED) is 0.634. The van der Waals surface area contributed by atoms with E-state index in [1.54, 1.807) is 0 Å². The van der Waals surface area contributed by atoms with Gasteiger partial charge >= 0.3 is 0 Å². The van der Waals surface area contributed by atoms with Crippen molar-refractivity contribution in [2.24, 2.45) is 5.92 Å². The third-order valence-corrected chi connectivity index (χ3v) is 3.16. The van der Waals surface area contributed by atoms with Gasteiger partial charge in [0.2, 0.25) is 0 Å². The van der Waals surface area contributed by atoms with Crippen molar-refractivity contribution >= 4 is 0 Å². The van der Waals surface area contributed by atoms with E-state index in [0.717, 1.165) is 12.5 Å². The average Bonchev–Trinajstić information content (AvgIpc) is 2.19. The first kappa shape index (κ1) is 12.0. The Morgan fingerprint density at radius 2 is 1.79 bits per heavy atom. The Hall–Kier alpha value is -0.0800. The second kappa shape index (κ2) is 6.41. The van der Waals surface area contributed by atoms with E-state index in [-0.39, 0.29) is 6.29 Å². The Balaban J connectivity index is 2.15. The Kier molecular flexibility index (Phi) is 5.49. The molecule has 1 saturated carbocycles. The molecule has 0 aromatic carbocycles. The Morgan fingerprint density at radius 3 is 2.29 bits per heavy atom. The Morgan fingerprint density at radius 1 is 1.14 bits per heavy atom. The summed E-state index contributed by atoms with van der Waals surface area (Å²) in [6, 6.07) is 0. The lowest BCUT2D eigenvalue weighted by Crippen LogP contribution is -2.26. The van der Waals surface area contributed by atoms with Crippen LogP contribution in [0.4, 0.5) is 0 Å². The Bertz CT molecular complexity index is 139. The lowest BCUT2D eigenvalue weighted by atomic mass is 9.86. The molecule has 2 nitrogen and oxygen atoms in total. The lowest BCUT2D eigenvalue weighted by Gasteiger charge is -2.29. The fourth-order valence-electron chi connectivity index (χ4n) is 2.22. The monoisotopic (exact) mass is 200 g/mol. The van der Waals surface area contributed by atoms with Gasteiger partial charge in [-0.15, -0.1) is 0 Å². The van der Waals surface area contributed by atoms with Gasteiger partial charge in [-0.1, -0.05) is 13.3 Å². The highest BCUT2D eigenvalue weighted by Crippen LogP contribution is 2.28. The molecule has 0 aromatic rings. The summed E-state index contributed by atoms with van der Waals surface area (Å²) in [4.78, 5) is 0. The summed E-state index contributed by atoms with van der Waals surface area (Å²) < 4.78 is 11.2. The SMILES string of the molecule is CCOC(C)OC1CCC(CC)CC1. The predicted octanol–water partition coefficient (Wildman–Crippen LogP) is 3.35. The van der Waals surface area contributed by atoms with Crippen LogP contribution < -0.4 is 0 Å². The highest BCUT2D eigenvalue weighted by molar-refractivity contribution is 4.71. The van der Waals surface area contributed by atoms with Crippen LogP contribution in [0.2, 0.25) is 0 Å². The molecule has 0 aliphatic heterocycles. The minimum atomic E-state index is -0.0248. The number of hydrogen-bond acceptors (Lipinski definition) is 2. The molecule has 84 valence electrons. The summed E-state index contributed by atoms with van der Waals surface area (Å²) >= 11 is 0. The van der Waals surface area contributed by atoms with Gasteiger partial charge in [0.1, 0.15) is 0 Å². The van der Waals surface area contributed by atoms with E-state index < -0.39 is 0 Å². The summed E-state index contributed by atoms with van der Waals surface area (Å²) in [7, 11) is 0. The summed E-state index contributed by atoms with van der Waals surface area (Å²) in [5.74, 6) is 0.942. The van der Waals surface area contributed by atoms with Crippen LogP contribution in [0.3, 0.4) is 0 Å². The van der Waals surface area contributed by atoms with Crippen LogP contribution >= 0.6 is 0 Å². The molecule has 1 rings (SSSR count). The number of ether oxygens (including phenoxy) is 2. The molecule has 1 aliphatic carbocycles. The summed E-state index contributed by atoms with van der Waals surface area (Å²) in [5.41, 5.74) is 0. The largest absolute Gasteiger partial charge is 0.353 e. The second-order valence-electron chi connectivity index (χ2n) is 4.21. The van der Waals surface area contributed by atoms with Crippen molar-refractivity contribution < 1.29 is 9.47 Å². The van der Waals surface area contributed by atoms with Crippen molar-refractivity contribution in [3.05, 3.63) is 0 Å². The maximum absolute atomic E-state index is 5.80. The van der Waals surface area contributed by atoms with Gasteiger partial charge < -0.3 is 9.47 Å². The van der Waals surface area contributed by atoms with E-state index >= 15 is 0 Å². The first-order valence-electron chi connectivity index (χ1n) is 6.03. The van der Waals surface area contributed by atoms with E-state index in [0.29, 0.717) is 6.10 Å². The summed E-state index contributed by atoms with van der Waals surface area (Å²) in [6.45, 7) is 7.03. The van der Waals surface area contributed by atoms with Gasteiger partial charge in [0.15, 0.2) is 6.29 Å². The molecule has 1 fully saturated rings. The van der Waals surface area contributed by atoms with E-state index in [1.165, 1.54) is 32.1 Å². The van der Waals surface area contributed by atoms with Crippen LogP contribution in [0.15, 0.2) is 0 Å². The normalized spacial score (nSPS) is 30.2. The number of rotatable bonds is 5. The van der Waals surface area contributed by atoms with E-state index in [1.807, 2.05) is 13.8 Å². The van der Waals surface area contributed by atoms with Gasteiger partial charge in [-0.05, 0) is 45.4 Å². The van der Waals surface area contributed by atoms with Gasteiger partial charge in [0.05, 0.1) is 6.10 Å². The van der Waals surface area contributed by atoms with Gasteiger partial charge in [-0.2, -0.15) is 0 Å². The Labute approximate surface area is 88.0 Å². The molecule has 0 spiro atoms. The van der Waals surface area contributed by atoms with Gasteiger partial charge in [-0.25, -0.2) is 0 Å². The molecule has 0 N–H and O–H groups in total. The molecule has 14 heavy (non-hydrogen) atoms. The molecular formula is C12H24O2. The molecule has 0 amide bonds. The zero-order valence-corrected chi connectivity index (χ0v) is 9.79. The standard InChI is InChI=1S/C12H24O2/c1-4-11-6-8-12(9-7-11)14-10(3)13-5-2/h10-12H,4-9H2,1-3H3. The maximum atomic E-state index is 5.80. The first-order chi connectivity index (χ1) is 6.76. The highest BCUT2D eigenvalue weighted by atomic mass is 16.7. The molecule has 1 unspecified atom stereocenters. The predicted molar refractivity (Wildman–Crippen MR) is 58.2 cm³/mol. The third kappa shape index (κ3) is 3.97. The fourth-order valence-corrected chi connectivity index (χ4v) is 2.22. The summed E-state index contributed by atoms with van der Waals surface area (Å²) in [5, 5.41) is 0. The maximum Gasteiger partial charge on any atom is 0.155 e. The van der Waals surface area contributed by atoms with Crippen molar-refractivity contribution in [2.75, 3.05) is 6.61 Å². The van der Waals surface area contributed by atoms with E-state index in [2.05, 4.69) is 6.92 Å². The first-order valence-corrected chi connectivity index (χ1v) is 6.03. The number of hydrogen-bond donors (Lipinski definition) is 0. The van der Waals surface area contributed by atoms with Gasteiger partial charge in [0, 0.05) is 6.61 Å². The minimum Gasteiger partial charge on any atom is -0.353 e. The van der Waals surface area contributed by atoms with Gasteiger partial charge in [-0.3, -0.25) is 0 Å². The van der Waals surface area contributed by atoms with Crippen molar-refractivity contribution in [3.63, 3.8) is 0 Å². The van der Waals surface area contributed by atoms with Crippen LogP contribution in [0, 0.1) is 5.92 Å². The van der Waals surface area contributed by atoms with E-state index in [9.17, 15) is 0 Å². The average molecular weight is 200 g/mol. The molecular weight excluding hydrogens is 176 g/mol. The molecule has 0 radical (unpaired) electrons. The smallest absolute Gasteiger partial charge is 0.155 e. The molecule has 0 aromatic heterocycles. The van der Waals surface area contributed by atoms with Crippen LogP contribution in [0.1, 0.15) is 52.9 Å². The highest BCUT2D eigenvalue weighted by Gasteiger charge is 2.21. The third-order valence-electron chi connectivity index (χ3n) is 3.16.